The highest BCUT2D eigenvalue weighted by Gasteiger charge is 2.81. The number of amides is 3. The number of rotatable bonds is 4. The molecule has 2 aromatic rings. The Morgan fingerprint density at radius 2 is 1.68 bits per heavy atom. The molecule has 0 radical (unpaired) electrons. The summed E-state index contributed by atoms with van der Waals surface area (Å²) in [6.45, 7) is 16.5. The third-order valence-electron chi connectivity index (χ3n) is 10.9. The molecule has 40 heavy (non-hydrogen) atoms. The van der Waals surface area contributed by atoms with Gasteiger partial charge in [-0.05, 0) is 60.5 Å². The molecule has 0 bridgehead atoms. The van der Waals surface area contributed by atoms with Crippen molar-refractivity contribution < 1.29 is 14.4 Å². The largest absolute Gasteiger partial charge is 0.351 e. The zero-order valence-corrected chi connectivity index (χ0v) is 25.2. The predicted molar refractivity (Wildman–Crippen MR) is 157 cm³/mol. The van der Waals surface area contributed by atoms with Crippen LogP contribution in [-0.2, 0) is 9.59 Å². The molecule has 4 aliphatic rings. The number of aromatic amines is 1. The van der Waals surface area contributed by atoms with Crippen LogP contribution in [0.25, 0.3) is 10.9 Å². The summed E-state index contributed by atoms with van der Waals surface area (Å²) in [6.07, 6.45) is 4.20. The van der Waals surface area contributed by atoms with Crippen molar-refractivity contribution in [1.29, 1.82) is 0 Å². The van der Waals surface area contributed by atoms with E-state index in [1.54, 1.807) is 0 Å². The SMILES string of the molecule is CC1[C@@H]2N(C(=O)[C@@H](NC(=O)c3cc4ccccc4[nH]3)C(C)(C)C)CC3N(C(=O)C4CCC(C(C)(C)C)CC4)CC132. The van der Waals surface area contributed by atoms with Crippen molar-refractivity contribution in [3.05, 3.63) is 36.0 Å². The Balaban J connectivity index is 1.15. The van der Waals surface area contributed by atoms with Crippen LogP contribution in [0.1, 0.15) is 84.6 Å². The summed E-state index contributed by atoms with van der Waals surface area (Å²) < 4.78 is 0. The maximum Gasteiger partial charge on any atom is 0.268 e. The molecule has 7 heteroatoms. The summed E-state index contributed by atoms with van der Waals surface area (Å²) >= 11 is 0. The molecule has 6 rings (SSSR count). The van der Waals surface area contributed by atoms with Gasteiger partial charge in [-0.25, -0.2) is 0 Å². The van der Waals surface area contributed by atoms with E-state index in [4.69, 9.17) is 0 Å². The fourth-order valence-corrected chi connectivity index (χ4v) is 8.30. The standard InChI is InChI=1S/C33H46N4O3/c1-19-27-33(19)18-37(29(39)20-12-14-22(15-13-20)31(2,3)4)25(33)17-36(27)30(40)26(32(5,6)7)35-28(38)24-16-21-10-8-9-11-23(21)34-24/h8-11,16,19-20,22,25-27,34H,12-15,17-18H2,1-7H3,(H,35,38)/t19?,20?,22?,25?,26-,27+,33?/m1/s1. The van der Waals surface area contributed by atoms with Crippen molar-refractivity contribution in [1.82, 2.24) is 20.1 Å². The normalized spacial score (nSPS) is 32.2. The molecule has 2 aliphatic heterocycles. The van der Waals surface area contributed by atoms with E-state index in [0.29, 0.717) is 35.4 Å². The average Bonchev–Trinajstić information content (AvgIpc) is 3.18. The molecule has 2 aliphatic carbocycles. The number of hydrogen-bond acceptors (Lipinski definition) is 3. The fraction of sp³-hybridized carbons (Fsp3) is 0.667. The number of hydrogen-bond donors (Lipinski definition) is 2. The smallest absolute Gasteiger partial charge is 0.268 e. The number of carbonyl (C=O) groups excluding carboxylic acids is 3. The third-order valence-corrected chi connectivity index (χ3v) is 10.9. The van der Waals surface area contributed by atoms with E-state index in [-0.39, 0.29) is 35.2 Å². The summed E-state index contributed by atoms with van der Waals surface area (Å²) in [5, 5.41) is 4.04. The Bertz CT molecular complexity index is 1310. The number of fused-ring (bicyclic) bond motifs is 1. The summed E-state index contributed by atoms with van der Waals surface area (Å²) in [5.74, 6) is 1.17. The molecule has 5 atom stereocenters. The topological polar surface area (TPSA) is 85.5 Å². The Labute approximate surface area is 238 Å². The van der Waals surface area contributed by atoms with Crippen molar-refractivity contribution in [2.45, 2.75) is 92.3 Å². The minimum atomic E-state index is -0.661. The first kappa shape index (κ1) is 27.3. The Morgan fingerprint density at radius 3 is 2.30 bits per heavy atom. The molecule has 1 aromatic carbocycles. The number of para-hydroxylation sites is 1. The molecular weight excluding hydrogens is 500 g/mol. The molecule has 3 heterocycles. The van der Waals surface area contributed by atoms with E-state index in [9.17, 15) is 14.4 Å². The van der Waals surface area contributed by atoms with E-state index in [0.717, 1.165) is 43.1 Å². The van der Waals surface area contributed by atoms with Gasteiger partial charge >= 0.3 is 0 Å². The molecule has 4 fully saturated rings. The first-order chi connectivity index (χ1) is 18.7. The lowest BCUT2D eigenvalue weighted by molar-refractivity contribution is -0.152. The lowest BCUT2D eigenvalue weighted by Crippen LogP contribution is -2.63. The summed E-state index contributed by atoms with van der Waals surface area (Å²) in [6, 6.07) is 9.21. The van der Waals surface area contributed by atoms with E-state index >= 15 is 0 Å². The van der Waals surface area contributed by atoms with Gasteiger partial charge in [0, 0.05) is 41.4 Å². The van der Waals surface area contributed by atoms with E-state index < -0.39 is 11.5 Å². The van der Waals surface area contributed by atoms with Gasteiger partial charge in [-0.2, -0.15) is 0 Å². The molecule has 1 aromatic heterocycles. The first-order valence-electron chi connectivity index (χ1n) is 15.2. The maximum atomic E-state index is 14.1. The Morgan fingerprint density at radius 1 is 1.00 bits per heavy atom. The minimum absolute atomic E-state index is 0.0295. The second kappa shape index (κ2) is 9.09. The fourth-order valence-electron chi connectivity index (χ4n) is 8.30. The second-order valence-electron chi connectivity index (χ2n) is 15.3. The quantitative estimate of drug-likeness (QED) is 0.551. The highest BCUT2D eigenvalue weighted by Crippen LogP contribution is 2.69. The van der Waals surface area contributed by atoms with Crippen LogP contribution in [0.2, 0.25) is 0 Å². The van der Waals surface area contributed by atoms with Crippen molar-refractivity contribution in [3.8, 4) is 0 Å². The third kappa shape index (κ3) is 4.18. The molecule has 2 saturated heterocycles. The number of likely N-dealkylation sites (tertiary alicyclic amines) is 2. The number of benzene rings is 1. The van der Waals surface area contributed by atoms with E-state index in [1.165, 1.54) is 0 Å². The number of H-pyrrole nitrogens is 1. The van der Waals surface area contributed by atoms with E-state index in [1.807, 2.05) is 56.0 Å². The van der Waals surface area contributed by atoms with Crippen LogP contribution in [-0.4, -0.2) is 63.7 Å². The first-order valence-corrected chi connectivity index (χ1v) is 15.2. The predicted octanol–water partition coefficient (Wildman–Crippen LogP) is 5.22. The van der Waals surface area contributed by atoms with Crippen molar-refractivity contribution in [2.24, 2.45) is 34.0 Å². The van der Waals surface area contributed by atoms with Crippen LogP contribution in [0.4, 0.5) is 0 Å². The molecule has 2 N–H and O–H groups in total. The van der Waals surface area contributed by atoms with Crippen LogP contribution < -0.4 is 5.32 Å². The van der Waals surface area contributed by atoms with Crippen LogP contribution in [0.3, 0.4) is 0 Å². The van der Waals surface area contributed by atoms with Gasteiger partial charge in [0.2, 0.25) is 11.8 Å². The lowest BCUT2D eigenvalue weighted by atomic mass is 9.69. The molecule has 2 saturated carbocycles. The van der Waals surface area contributed by atoms with Gasteiger partial charge in [0.15, 0.2) is 0 Å². The summed E-state index contributed by atoms with van der Waals surface area (Å²) in [7, 11) is 0. The highest BCUT2D eigenvalue weighted by molar-refractivity contribution is 6.00. The van der Waals surface area contributed by atoms with Crippen LogP contribution >= 0.6 is 0 Å². The molecule has 3 unspecified atom stereocenters. The molecule has 1 spiro atoms. The van der Waals surface area contributed by atoms with Gasteiger partial charge in [0.1, 0.15) is 11.7 Å². The molecule has 3 amide bonds. The Hall–Kier alpha value is -2.83. The van der Waals surface area contributed by atoms with Gasteiger partial charge in [-0.1, -0.05) is 66.7 Å². The second-order valence-corrected chi connectivity index (χ2v) is 15.3. The van der Waals surface area contributed by atoms with Crippen LogP contribution in [0.5, 0.6) is 0 Å². The zero-order chi connectivity index (χ0) is 28.8. The Kier molecular flexibility index (Phi) is 6.21. The zero-order valence-electron chi connectivity index (χ0n) is 25.2. The van der Waals surface area contributed by atoms with Crippen molar-refractivity contribution in [2.75, 3.05) is 13.1 Å². The average molecular weight is 547 g/mol. The van der Waals surface area contributed by atoms with E-state index in [2.05, 4.69) is 42.9 Å². The van der Waals surface area contributed by atoms with Gasteiger partial charge in [0.25, 0.3) is 5.91 Å². The lowest BCUT2D eigenvalue weighted by Gasteiger charge is -2.49. The number of nitrogens with zero attached hydrogens (tertiary/aromatic N) is 2. The number of nitrogens with one attached hydrogen (secondary N) is 2. The minimum Gasteiger partial charge on any atom is -0.351 e. The molecule has 7 nitrogen and oxygen atoms in total. The summed E-state index contributed by atoms with van der Waals surface area (Å²) in [4.78, 5) is 48.4. The monoisotopic (exact) mass is 546 g/mol. The number of piperidine rings is 1. The maximum absolute atomic E-state index is 14.1. The van der Waals surface area contributed by atoms with Gasteiger partial charge in [-0.3, -0.25) is 14.4 Å². The van der Waals surface area contributed by atoms with Crippen LogP contribution in [0, 0.1) is 34.0 Å². The van der Waals surface area contributed by atoms with Gasteiger partial charge < -0.3 is 20.1 Å². The number of carbonyl (C=O) groups is 3. The molecular formula is C33H46N4O3. The van der Waals surface area contributed by atoms with Gasteiger partial charge in [0.05, 0.1) is 6.04 Å². The van der Waals surface area contributed by atoms with Gasteiger partial charge in [-0.15, -0.1) is 0 Å². The van der Waals surface area contributed by atoms with Crippen molar-refractivity contribution in [3.63, 3.8) is 0 Å². The number of aromatic nitrogens is 1. The van der Waals surface area contributed by atoms with Crippen molar-refractivity contribution >= 4 is 28.6 Å². The highest BCUT2D eigenvalue weighted by atomic mass is 16.2. The van der Waals surface area contributed by atoms with Crippen LogP contribution in [0.15, 0.2) is 30.3 Å². The molecule has 216 valence electrons. The summed E-state index contributed by atoms with van der Waals surface area (Å²) in [5.41, 5.74) is 1.22.